The van der Waals surface area contributed by atoms with Crippen molar-refractivity contribution in [1.82, 2.24) is 0 Å². The van der Waals surface area contributed by atoms with E-state index >= 15 is 0 Å². The van der Waals surface area contributed by atoms with Crippen molar-refractivity contribution in [3.63, 3.8) is 0 Å². The Balaban J connectivity index is 3.03. The summed E-state index contributed by atoms with van der Waals surface area (Å²) in [6, 6.07) is 5.26. The molecule has 4 heteroatoms. The number of rotatable bonds is 4. The van der Waals surface area contributed by atoms with E-state index in [-0.39, 0.29) is 5.92 Å². The zero-order valence-electron chi connectivity index (χ0n) is 7.54. The topological polar surface area (TPSA) is 43.1 Å². The summed E-state index contributed by atoms with van der Waals surface area (Å²) in [7, 11) is 0. The van der Waals surface area contributed by atoms with Gasteiger partial charge >= 0.3 is 0 Å². The lowest BCUT2D eigenvalue weighted by molar-refractivity contribution is -0.109. The Hall–Kier alpha value is -0.570. The number of benzene rings is 1. The molecule has 0 spiro atoms. The highest BCUT2D eigenvalue weighted by Crippen LogP contribution is 2.31. The van der Waals surface area contributed by atoms with Crippen LogP contribution in [0.25, 0.3) is 0 Å². The third-order valence-electron chi connectivity index (χ3n) is 2.02. The number of aldehydes is 1. The number of halogens is 2. The normalized spacial score (nSPS) is 12.5. The minimum Gasteiger partial charge on any atom is -0.330 e. The molecular formula is C10H11Cl2NO. The highest BCUT2D eigenvalue weighted by Gasteiger charge is 2.14. The van der Waals surface area contributed by atoms with Gasteiger partial charge in [-0.3, -0.25) is 0 Å². The van der Waals surface area contributed by atoms with E-state index in [9.17, 15) is 4.79 Å². The fraction of sp³-hybridized carbons (Fsp3) is 0.300. The maximum absolute atomic E-state index is 10.8. The Kier molecular flexibility index (Phi) is 4.39. The van der Waals surface area contributed by atoms with Gasteiger partial charge in [-0.15, -0.1) is 0 Å². The van der Waals surface area contributed by atoms with Gasteiger partial charge in [0, 0.05) is 5.92 Å². The molecule has 0 radical (unpaired) electrons. The van der Waals surface area contributed by atoms with E-state index in [1.807, 2.05) is 0 Å². The molecule has 1 atom stereocenters. The van der Waals surface area contributed by atoms with E-state index in [2.05, 4.69) is 0 Å². The molecule has 1 aromatic rings. The first-order valence-corrected chi connectivity index (χ1v) is 5.05. The van der Waals surface area contributed by atoms with Crippen LogP contribution in [0.5, 0.6) is 0 Å². The Labute approximate surface area is 93.0 Å². The molecule has 0 saturated heterocycles. The smallest absolute Gasteiger partial charge is 0.127 e. The second kappa shape index (κ2) is 5.35. The molecular weight excluding hydrogens is 221 g/mol. The van der Waals surface area contributed by atoms with E-state index in [0.29, 0.717) is 23.0 Å². The van der Waals surface area contributed by atoms with Crippen molar-refractivity contribution in [2.45, 2.75) is 12.3 Å². The molecule has 0 bridgehead atoms. The molecule has 1 rings (SSSR count). The molecule has 0 aromatic heterocycles. The van der Waals surface area contributed by atoms with Crippen LogP contribution in [0.4, 0.5) is 0 Å². The van der Waals surface area contributed by atoms with E-state index in [0.717, 1.165) is 11.8 Å². The number of hydrogen-bond donors (Lipinski definition) is 1. The molecule has 0 aliphatic heterocycles. The largest absolute Gasteiger partial charge is 0.330 e. The van der Waals surface area contributed by atoms with Gasteiger partial charge in [0.05, 0.1) is 10.0 Å². The van der Waals surface area contributed by atoms with E-state index < -0.39 is 0 Å². The number of nitrogens with two attached hydrogens (primary N) is 1. The van der Waals surface area contributed by atoms with Crippen molar-refractivity contribution in [2.75, 3.05) is 6.54 Å². The average molecular weight is 232 g/mol. The molecule has 0 aliphatic carbocycles. The van der Waals surface area contributed by atoms with Crippen LogP contribution in [0.2, 0.25) is 10.0 Å². The number of carbonyl (C=O) groups is 1. The molecule has 0 heterocycles. The second-order valence-electron chi connectivity index (χ2n) is 2.96. The van der Waals surface area contributed by atoms with Gasteiger partial charge in [0.1, 0.15) is 6.29 Å². The molecule has 0 saturated carbocycles. The SMILES string of the molecule is NCCC(C=O)c1cccc(Cl)c1Cl. The molecule has 2 N–H and O–H groups in total. The van der Waals surface area contributed by atoms with Gasteiger partial charge in [0.2, 0.25) is 0 Å². The molecule has 2 nitrogen and oxygen atoms in total. The van der Waals surface area contributed by atoms with Crippen molar-refractivity contribution in [3.8, 4) is 0 Å². The van der Waals surface area contributed by atoms with E-state index in [4.69, 9.17) is 28.9 Å². The molecule has 0 amide bonds. The zero-order valence-corrected chi connectivity index (χ0v) is 9.05. The van der Waals surface area contributed by atoms with Gasteiger partial charge in [-0.2, -0.15) is 0 Å². The summed E-state index contributed by atoms with van der Waals surface area (Å²) in [5.41, 5.74) is 6.15. The van der Waals surface area contributed by atoms with Crippen molar-refractivity contribution in [1.29, 1.82) is 0 Å². The third kappa shape index (κ3) is 2.47. The highest BCUT2D eigenvalue weighted by molar-refractivity contribution is 6.42. The van der Waals surface area contributed by atoms with Crippen molar-refractivity contribution in [2.24, 2.45) is 5.73 Å². The van der Waals surface area contributed by atoms with Crippen molar-refractivity contribution in [3.05, 3.63) is 33.8 Å². The van der Waals surface area contributed by atoms with Gasteiger partial charge in [-0.1, -0.05) is 35.3 Å². The lowest BCUT2D eigenvalue weighted by atomic mass is 9.97. The molecule has 0 aliphatic rings. The summed E-state index contributed by atoms with van der Waals surface area (Å²) in [5, 5.41) is 0.910. The minimum atomic E-state index is -0.258. The fourth-order valence-electron chi connectivity index (χ4n) is 1.28. The quantitative estimate of drug-likeness (QED) is 0.811. The molecule has 0 fully saturated rings. The van der Waals surface area contributed by atoms with Crippen LogP contribution in [-0.2, 0) is 4.79 Å². The van der Waals surface area contributed by atoms with Crippen molar-refractivity contribution >= 4 is 29.5 Å². The Morgan fingerprint density at radius 1 is 1.43 bits per heavy atom. The summed E-state index contributed by atoms with van der Waals surface area (Å²) < 4.78 is 0. The average Bonchev–Trinajstić information content (AvgIpc) is 2.19. The van der Waals surface area contributed by atoms with Gasteiger partial charge in [-0.25, -0.2) is 0 Å². The Bertz CT molecular complexity index is 328. The van der Waals surface area contributed by atoms with E-state index in [1.165, 1.54) is 0 Å². The van der Waals surface area contributed by atoms with E-state index in [1.54, 1.807) is 18.2 Å². The zero-order chi connectivity index (χ0) is 10.6. The van der Waals surface area contributed by atoms with Gasteiger partial charge in [0.15, 0.2) is 0 Å². The first kappa shape index (κ1) is 11.5. The van der Waals surface area contributed by atoms with Gasteiger partial charge in [-0.05, 0) is 24.6 Å². The Morgan fingerprint density at radius 3 is 2.71 bits per heavy atom. The summed E-state index contributed by atoms with van der Waals surface area (Å²) in [5.74, 6) is -0.258. The van der Waals surface area contributed by atoms with Crippen LogP contribution in [-0.4, -0.2) is 12.8 Å². The number of hydrogen-bond acceptors (Lipinski definition) is 2. The molecule has 1 unspecified atom stereocenters. The standard InChI is InChI=1S/C10H11Cl2NO/c11-9-3-1-2-8(10(9)12)7(6-14)4-5-13/h1-3,6-7H,4-5,13H2. The molecule has 14 heavy (non-hydrogen) atoms. The lowest BCUT2D eigenvalue weighted by Crippen LogP contribution is -2.09. The van der Waals surface area contributed by atoms with Crippen LogP contribution in [0, 0.1) is 0 Å². The predicted molar refractivity (Wildman–Crippen MR) is 58.9 cm³/mol. The summed E-state index contributed by atoms with van der Waals surface area (Å²) >= 11 is 11.8. The predicted octanol–water partition coefficient (Wildman–Crippen LogP) is 2.62. The maximum Gasteiger partial charge on any atom is 0.127 e. The first-order chi connectivity index (χ1) is 6.70. The Morgan fingerprint density at radius 2 is 2.14 bits per heavy atom. The van der Waals surface area contributed by atoms with Crippen LogP contribution in [0.3, 0.4) is 0 Å². The summed E-state index contributed by atoms with van der Waals surface area (Å²) in [6.07, 6.45) is 1.44. The van der Waals surface area contributed by atoms with Crippen molar-refractivity contribution < 1.29 is 4.79 Å². The second-order valence-corrected chi connectivity index (χ2v) is 3.75. The van der Waals surface area contributed by atoms with Crippen LogP contribution >= 0.6 is 23.2 Å². The third-order valence-corrected chi connectivity index (χ3v) is 2.86. The summed E-state index contributed by atoms with van der Waals surface area (Å²) in [4.78, 5) is 10.8. The maximum atomic E-state index is 10.8. The molecule has 76 valence electrons. The van der Waals surface area contributed by atoms with Crippen LogP contribution in [0.15, 0.2) is 18.2 Å². The summed E-state index contributed by atoms with van der Waals surface area (Å²) in [6.45, 7) is 0.451. The lowest BCUT2D eigenvalue weighted by Gasteiger charge is -2.11. The van der Waals surface area contributed by atoms with Crippen LogP contribution in [0.1, 0.15) is 17.9 Å². The number of carbonyl (C=O) groups excluding carboxylic acids is 1. The highest BCUT2D eigenvalue weighted by atomic mass is 35.5. The minimum absolute atomic E-state index is 0.258. The first-order valence-electron chi connectivity index (χ1n) is 4.30. The molecule has 1 aromatic carbocycles. The monoisotopic (exact) mass is 231 g/mol. The van der Waals surface area contributed by atoms with Crippen LogP contribution < -0.4 is 5.73 Å². The fourth-order valence-corrected chi connectivity index (χ4v) is 1.73. The van der Waals surface area contributed by atoms with Gasteiger partial charge < -0.3 is 10.5 Å². The van der Waals surface area contributed by atoms with Gasteiger partial charge in [0.25, 0.3) is 0 Å².